The van der Waals surface area contributed by atoms with Crippen molar-refractivity contribution in [2.45, 2.75) is 18.5 Å². The monoisotopic (exact) mass is 260 g/mol. The van der Waals surface area contributed by atoms with E-state index in [0.29, 0.717) is 6.20 Å². The van der Waals surface area contributed by atoms with Crippen LogP contribution in [0.4, 0.5) is 32.2 Å². The highest BCUT2D eigenvalue weighted by atomic mass is 19.4. The highest BCUT2D eigenvalue weighted by Crippen LogP contribution is 2.36. The van der Waals surface area contributed by atoms with Crippen molar-refractivity contribution in [3.05, 3.63) is 18.3 Å². The lowest BCUT2D eigenvalue weighted by Crippen LogP contribution is -2.45. The second kappa shape index (κ2) is 4.30. The first-order valence-corrected chi connectivity index (χ1v) is 4.12. The Kier molecular flexibility index (Phi) is 3.39. The number of nitrogen functional groups attached to an aromatic ring is 1. The average Bonchev–Trinajstić information content (AvgIpc) is 2.19. The zero-order valence-electron chi connectivity index (χ0n) is 8.01. The number of rotatable bonds is 3. The predicted octanol–water partition coefficient (Wildman–Crippen LogP) is 2.54. The first-order chi connectivity index (χ1) is 7.63. The molecule has 0 aliphatic carbocycles. The number of hydrogen-bond acceptors (Lipinski definition) is 3. The first kappa shape index (κ1) is 13.4. The Hall–Kier alpha value is -1.67. The fourth-order valence-corrected chi connectivity index (χ4v) is 0.852. The molecule has 1 rings (SSSR count). The van der Waals surface area contributed by atoms with Gasteiger partial charge in [-0.25, -0.2) is 9.37 Å². The van der Waals surface area contributed by atoms with Gasteiger partial charge in [0, 0.05) is 0 Å². The summed E-state index contributed by atoms with van der Waals surface area (Å²) in [6.07, 6.45) is -14.5. The minimum absolute atomic E-state index is 0.0479. The third-order valence-corrected chi connectivity index (χ3v) is 1.60. The van der Waals surface area contributed by atoms with Crippen molar-refractivity contribution in [3.63, 3.8) is 0 Å². The SMILES string of the molecule is Nc1ccc(OC(F)(F)C(F)C(F)(F)F)cn1. The van der Waals surface area contributed by atoms with Crippen molar-refractivity contribution in [1.82, 2.24) is 4.98 Å². The topological polar surface area (TPSA) is 48.1 Å². The van der Waals surface area contributed by atoms with Crippen LogP contribution >= 0.6 is 0 Å². The molecule has 0 radical (unpaired) electrons. The van der Waals surface area contributed by atoms with Crippen molar-refractivity contribution < 1.29 is 31.1 Å². The van der Waals surface area contributed by atoms with Gasteiger partial charge in [0.05, 0.1) is 6.20 Å². The van der Waals surface area contributed by atoms with Crippen molar-refractivity contribution in [2.24, 2.45) is 0 Å². The molecule has 0 saturated carbocycles. The van der Waals surface area contributed by atoms with Crippen LogP contribution in [-0.4, -0.2) is 23.4 Å². The van der Waals surface area contributed by atoms with Gasteiger partial charge in [0.15, 0.2) is 0 Å². The highest BCUT2D eigenvalue weighted by molar-refractivity contribution is 5.32. The number of anilines is 1. The fraction of sp³-hybridized carbons (Fsp3) is 0.375. The van der Waals surface area contributed by atoms with E-state index < -0.39 is 24.2 Å². The number of halogens is 6. The van der Waals surface area contributed by atoms with Crippen LogP contribution in [0.2, 0.25) is 0 Å². The molecule has 1 heterocycles. The molecule has 0 spiro atoms. The number of nitrogens with zero attached hydrogens (tertiary/aromatic N) is 1. The molecule has 17 heavy (non-hydrogen) atoms. The predicted molar refractivity (Wildman–Crippen MR) is 45.2 cm³/mol. The molecule has 0 amide bonds. The molecule has 0 fully saturated rings. The Balaban J connectivity index is 2.82. The van der Waals surface area contributed by atoms with E-state index in [1.165, 1.54) is 0 Å². The smallest absolute Gasteiger partial charge is 0.428 e. The van der Waals surface area contributed by atoms with E-state index in [0.717, 1.165) is 12.1 Å². The first-order valence-electron chi connectivity index (χ1n) is 4.12. The van der Waals surface area contributed by atoms with Crippen LogP contribution in [0.25, 0.3) is 0 Å². The van der Waals surface area contributed by atoms with E-state index in [4.69, 9.17) is 5.73 Å². The summed E-state index contributed by atoms with van der Waals surface area (Å²) < 4.78 is 76.7. The Morgan fingerprint density at radius 1 is 1.18 bits per heavy atom. The second-order valence-corrected chi connectivity index (χ2v) is 2.99. The van der Waals surface area contributed by atoms with Crippen molar-refractivity contribution in [2.75, 3.05) is 5.73 Å². The van der Waals surface area contributed by atoms with E-state index in [1.807, 2.05) is 0 Å². The van der Waals surface area contributed by atoms with Gasteiger partial charge in [0.1, 0.15) is 11.6 Å². The maximum absolute atomic E-state index is 12.7. The van der Waals surface area contributed by atoms with E-state index in [-0.39, 0.29) is 5.82 Å². The standard InChI is InChI=1S/C8H6F6N2O/c9-6(7(10,11)12)8(13,14)17-4-1-2-5(15)16-3-4/h1-3,6H,(H2,15,16). The summed E-state index contributed by atoms with van der Waals surface area (Å²) in [5.41, 5.74) is 5.11. The van der Waals surface area contributed by atoms with Gasteiger partial charge in [-0.3, -0.25) is 0 Å². The zero-order chi connectivity index (χ0) is 13.3. The maximum Gasteiger partial charge on any atom is 0.439 e. The molecule has 3 nitrogen and oxygen atoms in total. The molecule has 1 unspecified atom stereocenters. The average molecular weight is 260 g/mol. The van der Waals surface area contributed by atoms with Crippen LogP contribution in [0.5, 0.6) is 5.75 Å². The van der Waals surface area contributed by atoms with E-state index in [2.05, 4.69) is 9.72 Å². The van der Waals surface area contributed by atoms with Gasteiger partial charge in [-0.15, -0.1) is 0 Å². The van der Waals surface area contributed by atoms with Crippen LogP contribution in [0.15, 0.2) is 18.3 Å². The lowest BCUT2D eigenvalue weighted by Gasteiger charge is -2.22. The molecule has 9 heteroatoms. The van der Waals surface area contributed by atoms with Crippen LogP contribution in [-0.2, 0) is 0 Å². The largest absolute Gasteiger partial charge is 0.439 e. The molecule has 0 saturated heterocycles. The molecule has 0 aliphatic heterocycles. The van der Waals surface area contributed by atoms with Gasteiger partial charge < -0.3 is 10.5 Å². The molecular weight excluding hydrogens is 254 g/mol. The third-order valence-electron chi connectivity index (χ3n) is 1.60. The fourth-order valence-electron chi connectivity index (χ4n) is 0.852. The Labute approximate surface area is 91.2 Å². The highest BCUT2D eigenvalue weighted by Gasteiger charge is 2.59. The van der Waals surface area contributed by atoms with Crippen LogP contribution in [0, 0.1) is 0 Å². The summed E-state index contributed by atoms with van der Waals surface area (Å²) >= 11 is 0. The number of aromatic nitrogens is 1. The lowest BCUT2D eigenvalue weighted by molar-refractivity contribution is -0.305. The third kappa shape index (κ3) is 3.40. The summed E-state index contributed by atoms with van der Waals surface area (Å²) in [6, 6.07) is 1.87. The maximum atomic E-state index is 12.7. The van der Waals surface area contributed by atoms with Crippen LogP contribution < -0.4 is 10.5 Å². The summed E-state index contributed by atoms with van der Waals surface area (Å²) in [5, 5.41) is 0. The number of alkyl halides is 6. The van der Waals surface area contributed by atoms with Crippen molar-refractivity contribution >= 4 is 5.82 Å². The molecule has 1 aromatic rings. The summed E-state index contributed by atoms with van der Waals surface area (Å²) in [5.74, 6) is -0.774. The Bertz CT molecular complexity index is 377. The van der Waals surface area contributed by atoms with Crippen LogP contribution in [0.3, 0.4) is 0 Å². The van der Waals surface area contributed by atoms with Gasteiger partial charge >= 0.3 is 12.3 Å². The minimum Gasteiger partial charge on any atom is -0.428 e. The normalized spacial score (nSPS) is 14.5. The quantitative estimate of drug-likeness (QED) is 0.849. The van der Waals surface area contributed by atoms with Gasteiger partial charge in [-0.1, -0.05) is 0 Å². The number of pyridine rings is 1. The lowest BCUT2D eigenvalue weighted by atomic mass is 10.3. The summed E-state index contributed by atoms with van der Waals surface area (Å²) in [6.45, 7) is 0. The van der Waals surface area contributed by atoms with Gasteiger partial charge in [-0.05, 0) is 12.1 Å². The molecule has 96 valence electrons. The van der Waals surface area contributed by atoms with Crippen LogP contribution in [0.1, 0.15) is 0 Å². The molecule has 1 aromatic heterocycles. The van der Waals surface area contributed by atoms with E-state index >= 15 is 0 Å². The number of nitrogens with two attached hydrogens (primary N) is 1. The Morgan fingerprint density at radius 3 is 2.18 bits per heavy atom. The number of hydrogen-bond donors (Lipinski definition) is 1. The molecule has 0 aliphatic rings. The number of ether oxygens (including phenoxy) is 1. The van der Waals surface area contributed by atoms with Crippen molar-refractivity contribution in [3.8, 4) is 5.75 Å². The molecule has 0 bridgehead atoms. The van der Waals surface area contributed by atoms with Crippen molar-refractivity contribution in [1.29, 1.82) is 0 Å². The molecule has 1 atom stereocenters. The molecular formula is C8H6F6N2O. The minimum atomic E-state index is -5.72. The van der Waals surface area contributed by atoms with Gasteiger partial charge in [0.2, 0.25) is 0 Å². The van der Waals surface area contributed by atoms with Gasteiger partial charge in [-0.2, -0.15) is 22.0 Å². The van der Waals surface area contributed by atoms with Gasteiger partial charge in [0.25, 0.3) is 6.17 Å². The van der Waals surface area contributed by atoms with E-state index in [9.17, 15) is 26.3 Å². The summed E-state index contributed by atoms with van der Waals surface area (Å²) in [4.78, 5) is 3.30. The summed E-state index contributed by atoms with van der Waals surface area (Å²) in [7, 11) is 0. The Morgan fingerprint density at radius 2 is 1.76 bits per heavy atom. The molecule has 2 N–H and O–H groups in total. The molecule has 0 aromatic carbocycles. The van der Waals surface area contributed by atoms with E-state index in [1.54, 1.807) is 0 Å². The zero-order valence-corrected chi connectivity index (χ0v) is 8.01. The second-order valence-electron chi connectivity index (χ2n) is 2.99.